The van der Waals surface area contributed by atoms with Crippen molar-refractivity contribution in [1.29, 1.82) is 0 Å². The minimum atomic E-state index is 0.172. The molecule has 0 amide bonds. The predicted molar refractivity (Wildman–Crippen MR) is 58.7 cm³/mol. The van der Waals surface area contributed by atoms with Gasteiger partial charge >= 0.3 is 0 Å². The Kier molecular flexibility index (Phi) is 2.44. The number of hydrogen-bond acceptors (Lipinski definition) is 4. The summed E-state index contributed by atoms with van der Waals surface area (Å²) in [4.78, 5) is 12.3. The maximum Gasteiger partial charge on any atom is 0.226 e. The van der Waals surface area contributed by atoms with Crippen molar-refractivity contribution in [2.75, 3.05) is 12.4 Å². The molecule has 5 nitrogen and oxygen atoms in total. The first-order valence-electron chi connectivity index (χ1n) is 4.26. The number of anilines is 1. The molecule has 0 atom stereocenters. The fourth-order valence-electron chi connectivity index (χ4n) is 1.31. The molecule has 0 aromatic carbocycles. The van der Waals surface area contributed by atoms with Gasteiger partial charge in [-0.25, -0.2) is 4.98 Å². The molecule has 2 aromatic rings. The second-order valence-electron chi connectivity index (χ2n) is 2.84. The van der Waals surface area contributed by atoms with Gasteiger partial charge in [-0.1, -0.05) is 5.92 Å². The van der Waals surface area contributed by atoms with Crippen LogP contribution in [0, 0.1) is 12.3 Å². The first kappa shape index (κ1) is 9.74. The number of rotatable bonds is 2. The van der Waals surface area contributed by atoms with Crippen LogP contribution in [-0.4, -0.2) is 26.6 Å². The molecule has 0 spiro atoms. The highest BCUT2D eigenvalue weighted by Crippen LogP contribution is 2.19. The summed E-state index contributed by atoms with van der Waals surface area (Å²) in [5.74, 6) is 3.12. The first-order valence-corrected chi connectivity index (χ1v) is 4.63. The van der Waals surface area contributed by atoms with Crippen LogP contribution >= 0.6 is 11.6 Å². The van der Waals surface area contributed by atoms with Gasteiger partial charge in [0.2, 0.25) is 5.28 Å². The molecule has 0 saturated heterocycles. The highest BCUT2D eigenvalue weighted by Gasteiger charge is 2.10. The van der Waals surface area contributed by atoms with Gasteiger partial charge in [0.15, 0.2) is 17.0 Å². The van der Waals surface area contributed by atoms with Gasteiger partial charge in [-0.05, 0) is 11.6 Å². The molecule has 0 fully saturated rings. The van der Waals surface area contributed by atoms with Crippen molar-refractivity contribution in [3.8, 4) is 12.3 Å². The third kappa shape index (κ3) is 1.60. The van der Waals surface area contributed by atoms with Crippen molar-refractivity contribution in [3.63, 3.8) is 0 Å². The van der Waals surface area contributed by atoms with Crippen LogP contribution in [0.3, 0.4) is 0 Å². The number of aromatic nitrogens is 4. The third-order valence-electron chi connectivity index (χ3n) is 1.94. The fourth-order valence-corrected chi connectivity index (χ4v) is 1.47. The van der Waals surface area contributed by atoms with E-state index in [1.165, 1.54) is 0 Å². The smallest absolute Gasteiger partial charge is 0.226 e. The van der Waals surface area contributed by atoms with E-state index in [0.29, 0.717) is 23.5 Å². The van der Waals surface area contributed by atoms with E-state index in [1.807, 2.05) is 0 Å². The Bertz CT molecular complexity index is 539. The van der Waals surface area contributed by atoms with Gasteiger partial charge in [0.1, 0.15) is 0 Å². The average Bonchev–Trinajstić information content (AvgIpc) is 2.61. The summed E-state index contributed by atoms with van der Waals surface area (Å²) in [6, 6.07) is 0. The van der Waals surface area contributed by atoms with Crippen molar-refractivity contribution < 1.29 is 0 Å². The number of fused-ring (bicyclic) bond motifs is 1. The van der Waals surface area contributed by atoms with Crippen molar-refractivity contribution in [3.05, 3.63) is 11.6 Å². The average molecular weight is 222 g/mol. The molecule has 0 aliphatic carbocycles. The predicted octanol–water partition coefficient (Wildman–Crippen LogP) is 1.15. The van der Waals surface area contributed by atoms with Crippen LogP contribution in [0.5, 0.6) is 0 Å². The molecule has 0 aliphatic heterocycles. The van der Waals surface area contributed by atoms with Gasteiger partial charge in [-0.3, -0.25) is 0 Å². The number of halogens is 1. The quantitative estimate of drug-likeness (QED) is 0.611. The zero-order valence-corrected chi connectivity index (χ0v) is 8.78. The Balaban J connectivity index is 2.70. The number of terminal acetylenes is 1. The monoisotopic (exact) mass is 221 g/mol. The van der Waals surface area contributed by atoms with Crippen LogP contribution in [0.15, 0.2) is 6.33 Å². The zero-order chi connectivity index (χ0) is 10.8. The van der Waals surface area contributed by atoms with Gasteiger partial charge in [0.25, 0.3) is 0 Å². The lowest BCUT2D eigenvalue weighted by Crippen LogP contribution is -1.99. The van der Waals surface area contributed by atoms with Gasteiger partial charge in [0, 0.05) is 7.05 Å². The SMILES string of the molecule is C#CCn1cnc2c(NC)nc(Cl)nc21. The highest BCUT2D eigenvalue weighted by atomic mass is 35.5. The van der Waals surface area contributed by atoms with E-state index in [2.05, 4.69) is 26.2 Å². The molecule has 2 aromatic heterocycles. The number of nitrogens with zero attached hydrogens (tertiary/aromatic N) is 4. The molecule has 0 bridgehead atoms. The van der Waals surface area contributed by atoms with E-state index in [9.17, 15) is 0 Å². The second kappa shape index (κ2) is 3.75. The molecule has 6 heteroatoms. The Morgan fingerprint density at radius 3 is 3.07 bits per heavy atom. The normalized spacial score (nSPS) is 10.2. The summed E-state index contributed by atoms with van der Waals surface area (Å²) >= 11 is 5.78. The molecule has 15 heavy (non-hydrogen) atoms. The van der Waals surface area contributed by atoms with Crippen molar-refractivity contribution in [2.45, 2.75) is 6.54 Å². The van der Waals surface area contributed by atoms with Gasteiger partial charge in [0.05, 0.1) is 12.9 Å². The van der Waals surface area contributed by atoms with Crippen molar-refractivity contribution in [2.24, 2.45) is 0 Å². The summed E-state index contributed by atoms with van der Waals surface area (Å²) < 4.78 is 1.74. The molecule has 0 aliphatic rings. The molecule has 0 saturated carbocycles. The number of hydrogen-bond donors (Lipinski definition) is 1. The summed E-state index contributed by atoms with van der Waals surface area (Å²) in [6.07, 6.45) is 6.85. The minimum Gasteiger partial charge on any atom is -0.371 e. The largest absolute Gasteiger partial charge is 0.371 e. The Labute approximate surface area is 91.5 Å². The molecular weight excluding hydrogens is 214 g/mol. The Morgan fingerprint density at radius 2 is 2.40 bits per heavy atom. The van der Waals surface area contributed by atoms with E-state index in [4.69, 9.17) is 18.0 Å². The van der Waals surface area contributed by atoms with Gasteiger partial charge in [-0.2, -0.15) is 9.97 Å². The molecule has 76 valence electrons. The molecule has 0 unspecified atom stereocenters. The Hall–Kier alpha value is -1.80. The van der Waals surface area contributed by atoms with Crippen LogP contribution in [0.4, 0.5) is 5.82 Å². The van der Waals surface area contributed by atoms with Crippen molar-refractivity contribution in [1.82, 2.24) is 19.5 Å². The molecule has 0 radical (unpaired) electrons. The Morgan fingerprint density at radius 1 is 1.60 bits per heavy atom. The third-order valence-corrected chi connectivity index (χ3v) is 2.10. The van der Waals surface area contributed by atoms with Crippen LogP contribution in [0.25, 0.3) is 11.2 Å². The lowest BCUT2D eigenvalue weighted by atomic mass is 10.5. The maximum atomic E-state index is 5.78. The van der Waals surface area contributed by atoms with Gasteiger partial charge in [-0.15, -0.1) is 6.42 Å². The number of nitrogens with one attached hydrogen (secondary N) is 1. The van der Waals surface area contributed by atoms with Crippen LogP contribution < -0.4 is 5.32 Å². The fraction of sp³-hybridized carbons (Fsp3) is 0.222. The summed E-state index contributed by atoms with van der Waals surface area (Å²) in [7, 11) is 1.75. The highest BCUT2D eigenvalue weighted by molar-refractivity contribution is 6.28. The maximum absolute atomic E-state index is 5.78. The van der Waals surface area contributed by atoms with E-state index in [0.717, 1.165) is 0 Å². The second-order valence-corrected chi connectivity index (χ2v) is 3.18. The van der Waals surface area contributed by atoms with Crippen LogP contribution in [0.2, 0.25) is 5.28 Å². The van der Waals surface area contributed by atoms with E-state index >= 15 is 0 Å². The first-order chi connectivity index (χ1) is 7.26. The van der Waals surface area contributed by atoms with E-state index < -0.39 is 0 Å². The molecular formula is C9H8ClN5. The van der Waals surface area contributed by atoms with Crippen LogP contribution in [-0.2, 0) is 6.54 Å². The van der Waals surface area contributed by atoms with Crippen molar-refractivity contribution >= 4 is 28.6 Å². The molecule has 2 rings (SSSR count). The summed E-state index contributed by atoms with van der Waals surface area (Å²) in [5, 5.41) is 3.08. The standard InChI is InChI=1S/C9H8ClN5/c1-3-4-15-5-12-6-7(11-2)13-9(10)14-8(6)15/h1,5H,4H2,2H3,(H,11,13,14). The molecule has 1 N–H and O–H groups in total. The summed E-state index contributed by atoms with van der Waals surface area (Å²) in [6.45, 7) is 0.410. The number of imidazole rings is 1. The van der Waals surface area contributed by atoms with E-state index in [1.54, 1.807) is 17.9 Å². The topological polar surface area (TPSA) is 55.6 Å². The van der Waals surface area contributed by atoms with E-state index in [-0.39, 0.29) is 5.28 Å². The lowest BCUT2D eigenvalue weighted by Gasteiger charge is -2.01. The lowest BCUT2D eigenvalue weighted by molar-refractivity contribution is 0.857. The molecule has 2 heterocycles. The zero-order valence-electron chi connectivity index (χ0n) is 8.03. The minimum absolute atomic E-state index is 0.172. The van der Waals surface area contributed by atoms with Crippen LogP contribution in [0.1, 0.15) is 0 Å². The van der Waals surface area contributed by atoms with Gasteiger partial charge < -0.3 is 9.88 Å². The summed E-state index contributed by atoms with van der Waals surface area (Å²) in [5.41, 5.74) is 1.30.